The van der Waals surface area contributed by atoms with E-state index in [9.17, 15) is 27.9 Å². The van der Waals surface area contributed by atoms with Crippen molar-refractivity contribution in [1.29, 1.82) is 0 Å². The molecule has 0 aliphatic carbocycles. The number of nitrogens with one attached hydrogen (secondary N) is 1. The zero-order chi connectivity index (χ0) is 22.8. The molecule has 1 aliphatic rings. The number of anilines is 1. The average Bonchev–Trinajstić information content (AvgIpc) is 3.32. The van der Waals surface area contributed by atoms with Crippen molar-refractivity contribution in [2.75, 3.05) is 18.2 Å². The first-order chi connectivity index (χ1) is 14.6. The molecule has 0 unspecified atom stereocenters. The lowest BCUT2D eigenvalue weighted by Gasteiger charge is -2.29. The molecule has 31 heavy (non-hydrogen) atoms. The predicted octanol–water partition coefficient (Wildman–Crippen LogP) is 2.87. The summed E-state index contributed by atoms with van der Waals surface area (Å²) in [5.41, 5.74) is -3.10. The van der Waals surface area contributed by atoms with Gasteiger partial charge in [-0.15, -0.1) is 11.3 Å². The fraction of sp³-hybridized carbons (Fsp3) is 0.316. The fourth-order valence-electron chi connectivity index (χ4n) is 2.89. The molecule has 0 saturated carbocycles. The van der Waals surface area contributed by atoms with E-state index in [1.807, 2.05) is 5.43 Å². The Balaban J connectivity index is 2.22. The van der Waals surface area contributed by atoms with Crippen molar-refractivity contribution in [2.24, 2.45) is 0 Å². The predicted molar refractivity (Wildman–Crippen MR) is 105 cm³/mol. The Kier molecular flexibility index (Phi) is 6.34. The molecule has 3 rings (SSSR count). The summed E-state index contributed by atoms with van der Waals surface area (Å²) in [5.74, 6) is -2.11. The van der Waals surface area contributed by atoms with Crippen molar-refractivity contribution in [2.45, 2.75) is 25.7 Å². The van der Waals surface area contributed by atoms with Gasteiger partial charge in [-0.1, -0.05) is 30.3 Å². The van der Waals surface area contributed by atoms with Crippen molar-refractivity contribution in [3.8, 4) is 0 Å². The summed E-state index contributed by atoms with van der Waals surface area (Å²) in [7, 11) is 0. The van der Waals surface area contributed by atoms with Crippen LogP contribution in [-0.4, -0.2) is 47.1 Å². The number of hydrogen-bond acceptors (Lipinski definition) is 9. The average molecular weight is 457 g/mol. The van der Waals surface area contributed by atoms with Gasteiger partial charge in [0.1, 0.15) is 5.57 Å². The van der Waals surface area contributed by atoms with Crippen LogP contribution in [0.25, 0.3) is 5.70 Å². The lowest BCUT2D eigenvalue weighted by molar-refractivity contribution is -0.254. The maximum atomic E-state index is 13.9. The summed E-state index contributed by atoms with van der Waals surface area (Å²) in [6.45, 7) is 2.91. The second kappa shape index (κ2) is 8.65. The summed E-state index contributed by atoms with van der Waals surface area (Å²) in [4.78, 5) is 28.5. The number of ether oxygens (including phenoxy) is 2. The van der Waals surface area contributed by atoms with Crippen LogP contribution in [0.3, 0.4) is 0 Å². The van der Waals surface area contributed by atoms with Gasteiger partial charge in [-0.3, -0.25) is 0 Å². The number of hydrazine groups is 1. The molecule has 1 atom stereocenters. The molecule has 0 spiro atoms. The first kappa shape index (κ1) is 22.7. The minimum atomic E-state index is -5.29. The Morgan fingerprint density at radius 3 is 2.35 bits per heavy atom. The molecule has 0 amide bonds. The van der Waals surface area contributed by atoms with Crippen molar-refractivity contribution >= 4 is 34.1 Å². The summed E-state index contributed by atoms with van der Waals surface area (Å²) in [5, 5.41) is 12.6. The van der Waals surface area contributed by atoms with Crippen molar-refractivity contribution < 1.29 is 37.3 Å². The van der Waals surface area contributed by atoms with Gasteiger partial charge in [-0.05, 0) is 13.8 Å². The Morgan fingerprint density at radius 1 is 1.16 bits per heavy atom. The van der Waals surface area contributed by atoms with E-state index in [1.165, 1.54) is 24.4 Å². The molecule has 2 N–H and O–H groups in total. The number of carbonyl (C=O) groups is 2. The number of hydrogen-bond donors (Lipinski definition) is 2. The number of thiazole rings is 1. The lowest BCUT2D eigenvalue weighted by atomic mass is 9.98. The van der Waals surface area contributed by atoms with Gasteiger partial charge >= 0.3 is 18.1 Å². The minimum absolute atomic E-state index is 0.0870. The van der Waals surface area contributed by atoms with Crippen LogP contribution in [0.15, 0.2) is 41.3 Å². The Hall–Kier alpha value is -2.96. The maximum absolute atomic E-state index is 13.9. The molecule has 166 valence electrons. The van der Waals surface area contributed by atoms with Gasteiger partial charge in [-0.25, -0.2) is 19.6 Å². The molecule has 0 saturated heterocycles. The highest BCUT2D eigenvalue weighted by Crippen LogP contribution is 2.46. The summed E-state index contributed by atoms with van der Waals surface area (Å²) in [6, 6.07) is 7.68. The topological polar surface area (TPSA) is 101 Å². The summed E-state index contributed by atoms with van der Waals surface area (Å²) >= 11 is 0.825. The minimum Gasteiger partial charge on any atom is -0.462 e. The Bertz CT molecular complexity index is 1010. The van der Waals surface area contributed by atoms with Gasteiger partial charge in [0.25, 0.3) is 5.72 Å². The molecule has 2 heterocycles. The van der Waals surface area contributed by atoms with Crippen LogP contribution in [0.4, 0.5) is 18.3 Å². The van der Waals surface area contributed by atoms with E-state index in [2.05, 4.69) is 4.98 Å². The zero-order valence-corrected chi connectivity index (χ0v) is 17.2. The molecule has 1 aromatic carbocycles. The molecule has 0 bridgehead atoms. The second-order valence-corrected chi connectivity index (χ2v) is 7.04. The summed E-state index contributed by atoms with van der Waals surface area (Å²) in [6.07, 6.45) is -5.29. The molecule has 8 nitrogen and oxygen atoms in total. The highest BCUT2D eigenvalue weighted by atomic mass is 32.1. The molecular weight excluding hydrogens is 439 g/mol. The normalized spacial score (nSPS) is 19.0. The molecular formula is C19H18F3N3O5S. The van der Waals surface area contributed by atoms with Crippen LogP contribution in [0, 0.1) is 0 Å². The highest BCUT2D eigenvalue weighted by Gasteiger charge is 2.65. The van der Waals surface area contributed by atoms with E-state index in [-0.39, 0.29) is 35.3 Å². The van der Waals surface area contributed by atoms with Crippen LogP contribution in [-0.2, 0) is 14.3 Å². The molecule has 1 aliphatic heterocycles. The molecule has 2 aromatic rings. The third kappa shape index (κ3) is 4.13. The van der Waals surface area contributed by atoms with Crippen LogP contribution in [0.2, 0.25) is 0 Å². The SMILES string of the molecule is CCOC(=O)C1=C(c2ccccc2)N(c2nc(C(=O)OCC)cs2)N[C@@]1(O)C(F)(F)F. The molecule has 0 radical (unpaired) electrons. The number of aliphatic hydroxyl groups is 1. The van der Waals surface area contributed by atoms with Gasteiger partial charge in [0.15, 0.2) is 5.69 Å². The first-order valence-corrected chi connectivity index (χ1v) is 9.99. The largest absolute Gasteiger partial charge is 0.462 e. The molecule has 1 aromatic heterocycles. The number of esters is 2. The monoisotopic (exact) mass is 457 g/mol. The van der Waals surface area contributed by atoms with E-state index in [0.717, 1.165) is 16.3 Å². The third-order valence-electron chi connectivity index (χ3n) is 4.20. The highest BCUT2D eigenvalue weighted by molar-refractivity contribution is 7.14. The number of alkyl halides is 3. The van der Waals surface area contributed by atoms with Gasteiger partial charge < -0.3 is 14.6 Å². The third-order valence-corrected chi connectivity index (χ3v) is 5.03. The van der Waals surface area contributed by atoms with E-state index in [1.54, 1.807) is 25.1 Å². The summed E-state index contributed by atoms with van der Waals surface area (Å²) < 4.78 is 51.5. The Morgan fingerprint density at radius 2 is 1.77 bits per heavy atom. The van der Waals surface area contributed by atoms with Crippen molar-refractivity contribution in [3.63, 3.8) is 0 Å². The smallest absolute Gasteiger partial charge is 0.437 e. The van der Waals surface area contributed by atoms with Crippen LogP contribution < -0.4 is 10.4 Å². The number of carbonyl (C=O) groups excluding carboxylic acids is 2. The van der Waals surface area contributed by atoms with Gasteiger partial charge in [0.05, 0.1) is 18.9 Å². The lowest BCUT2D eigenvalue weighted by Crippen LogP contribution is -2.59. The number of benzene rings is 1. The number of nitrogens with zero attached hydrogens (tertiary/aromatic N) is 2. The quantitative estimate of drug-likeness (QED) is 0.639. The van der Waals surface area contributed by atoms with Crippen LogP contribution >= 0.6 is 11.3 Å². The molecule has 12 heteroatoms. The van der Waals surface area contributed by atoms with Gasteiger partial charge in [0.2, 0.25) is 5.13 Å². The second-order valence-electron chi connectivity index (χ2n) is 6.20. The van der Waals surface area contributed by atoms with E-state index < -0.39 is 29.4 Å². The standard InChI is InChI=1S/C19H18F3N3O5S/c1-3-29-15(26)12-10-31-17(23-12)25-14(11-8-6-5-7-9-11)13(16(27)30-4-2)18(28,24-25)19(20,21)22/h5-10,24,28H,3-4H2,1-2H3/t18-/m0/s1. The zero-order valence-electron chi connectivity index (χ0n) is 16.4. The number of halogens is 3. The maximum Gasteiger partial charge on any atom is 0.437 e. The van der Waals surface area contributed by atoms with E-state index in [4.69, 9.17) is 9.47 Å². The first-order valence-electron chi connectivity index (χ1n) is 9.11. The van der Waals surface area contributed by atoms with Crippen molar-refractivity contribution in [1.82, 2.24) is 10.4 Å². The Labute approximate surface area is 178 Å². The van der Waals surface area contributed by atoms with Gasteiger partial charge in [-0.2, -0.15) is 18.6 Å². The number of aromatic nitrogens is 1. The number of rotatable bonds is 6. The van der Waals surface area contributed by atoms with Gasteiger partial charge in [0, 0.05) is 10.9 Å². The van der Waals surface area contributed by atoms with E-state index in [0.29, 0.717) is 0 Å². The fourth-order valence-corrected chi connectivity index (χ4v) is 3.65. The van der Waals surface area contributed by atoms with Crippen molar-refractivity contribution in [3.05, 3.63) is 52.5 Å². The van der Waals surface area contributed by atoms with E-state index >= 15 is 0 Å². The molecule has 0 fully saturated rings. The van der Waals surface area contributed by atoms with Crippen LogP contribution in [0.5, 0.6) is 0 Å². The van der Waals surface area contributed by atoms with Crippen LogP contribution in [0.1, 0.15) is 29.9 Å².